The molecular weight excluding hydrogens is 344 g/mol. The molecule has 4 rings (SSSR count). The second-order valence-corrected chi connectivity index (χ2v) is 7.16. The highest BCUT2D eigenvalue weighted by Gasteiger charge is 2.23. The van der Waals surface area contributed by atoms with Gasteiger partial charge in [-0.05, 0) is 45.4 Å². The molecule has 0 radical (unpaired) electrons. The van der Waals surface area contributed by atoms with E-state index in [2.05, 4.69) is 15.7 Å². The number of nitrogens with one attached hydrogen (secondary N) is 2. The number of anilines is 1. The number of fused-ring (bicyclic) bond motifs is 1. The molecule has 1 saturated heterocycles. The Hall–Kier alpha value is -2.54. The summed E-state index contributed by atoms with van der Waals surface area (Å²) in [6.07, 6.45) is 5.06. The quantitative estimate of drug-likeness (QED) is 0.846. The Kier molecular flexibility index (Phi) is 5.03. The maximum atomic E-state index is 12.7. The zero-order valence-corrected chi connectivity index (χ0v) is 15.8. The van der Waals surface area contributed by atoms with Crippen molar-refractivity contribution in [1.82, 2.24) is 15.1 Å². The van der Waals surface area contributed by atoms with E-state index in [9.17, 15) is 4.79 Å². The van der Waals surface area contributed by atoms with Gasteiger partial charge in [0.25, 0.3) is 5.91 Å². The molecule has 7 heteroatoms. The molecule has 144 valence electrons. The van der Waals surface area contributed by atoms with Crippen molar-refractivity contribution in [1.29, 1.82) is 0 Å². The number of hydrogen-bond donors (Lipinski definition) is 2. The normalized spacial score (nSPS) is 21.4. The van der Waals surface area contributed by atoms with Crippen LogP contribution in [0.1, 0.15) is 48.8 Å². The molecule has 2 N–H and O–H groups in total. The minimum atomic E-state index is -0.246. The van der Waals surface area contributed by atoms with Crippen LogP contribution in [0.15, 0.2) is 24.4 Å². The van der Waals surface area contributed by atoms with Gasteiger partial charge in [0.2, 0.25) is 0 Å². The molecule has 1 amide bonds. The fraction of sp³-hybridized carbons (Fsp3) is 0.500. The van der Waals surface area contributed by atoms with Crippen LogP contribution < -0.4 is 20.1 Å². The van der Waals surface area contributed by atoms with Gasteiger partial charge in [0, 0.05) is 30.8 Å². The van der Waals surface area contributed by atoms with Gasteiger partial charge in [-0.15, -0.1) is 0 Å². The summed E-state index contributed by atoms with van der Waals surface area (Å²) in [5, 5.41) is 10.8. The fourth-order valence-electron chi connectivity index (χ4n) is 3.72. The lowest BCUT2D eigenvalue weighted by atomic mass is 10.1. The summed E-state index contributed by atoms with van der Waals surface area (Å²) in [4.78, 5) is 12.7. The Bertz CT molecular complexity index is 827. The highest BCUT2D eigenvalue weighted by molar-refractivity contribution is 6.03. The molecule has 3 heterocycles. The molecule has 0 aliphatic carbocycles. The first-order valence-electron chi connectivity index (χ1n) is 9.67. The molecule has 1 aromatic heterocycles. The topological polar surface area (TPSA) is 77.4 Å². The molecule has 1 fully saturated rings. The van der Waals surface area contributed by atoms with Crippen LogP contribution in [0.5, 0.6) is 11.5 Å². The van der Waals surface area contributed by atoms with Gasteiger partial charge in [-0.2, -0.15) is 5.10 Å². The number of piperidine rings is 1. The Morgan fingerprint density at radius 1 is 1.48 bits per heavy atom. The van der Waals surface area contributed by atoms with E-state index in [-0.39, 0.29) is 12.0 Å². The molecular formula is C20H26N4O3. The highest BCUT2D eigenvalue weighted by Crippen LogP contribution is 2.38. The van der Waals surface area contributed by atoms with Crippen LogP contribution in [-0.2, 0) is 6.42 Å². The first-order chi connectivity index (χ1) is 13.1. The molecule has 2 unspecified atom stereocenters. The molecule has 2 aliphatic heterocycles. The standard InChI is InChI=1S/C20H26N4O3/c1-3-26-19-10-14-9-13(2)27-18(14)11-17(19)22-20(25)16-6-8-24(23-16)15-5-4-7-21-12-15/h6,8,10-11,13,15,21H,3-5,7,9,12H2,1-2H3,(H,22,25). The third-order valence-corrected chi connectivity index (χ3v) is 5.03. The minimum Gasteiger partial charge on any atom is -0.492 e. The lowest BCUT2D eigenvalue weighted by Gasteiger charge is -2.22. The van der Waals surface area contributed by atoms with Crippen molar-refractivity contribution in [2.45, 2.75) is 45.3 Å². The van der Waals surface area contributed by atoms with E-state index in [0.717, 1.165) is 43.7 Å². The number of ether oxygens (including phenoxy) is 2. The van der Waals surface area contributed by atoms with Crippen molar-refractivity contribution in [3.63, 3.8) is 0 Å². The number of benzene rings is 1. The number of hydrogen-bond acceptors (Lipinski definition) is 5. The Morgan fingerprint density at radius 2 is 2.37 bits per heavy atom. The maximum Gasteiger partial charge on any atom is 0.276 e. The van der Waals surface area contributed by atoms with E-state index in [1.165, 1.54) is 0 Å². The third kappa shape index (κ3) is 3.78. The van der Waals surface area contributed by atoms with Gasteiger partial charge in [-0.25, -0.2) is 0 Å². The summed E-state index contributed by atoms with van der Waals surface area (Å²) in [6.45, 7) is 6.42. The highest BCUT2D eigenvalue weighted by atomic mass is 16.5. The maximum absolute atomic E-state index is 12.7. The Balaban J connectivity index is 1.52. The molecule has 7 nitrogen and oxygen atoms in total. The van der Waals surface area contributed by atoms with Crippen LogP contribution in [0.2, 0.25) is 0 Å². The van der Waals surface area contributed by atoms with Crippen LogP contribution in [0.3, 0.4) is 0 Å². The van der Waals surface area contributed by atoms with Crippen molar-refractivity contribution in [3.05, 3.63) is 35.7 Å². The van der Waals surface area contributed by atoms with Gasteiger partial charge in [-0.1, -0.05) is 0 Å². The minimum absolute atomic E-state index is 0.139. The predicted octanol–water partition coefficient (Wildman–Crippen LogP) is 2.78. The van der Waals surface area contributed by atoms with Gasteiger partial charge in [0.05, 0.1) is 18.3 Å². The molecule has 2 atom stereocenters. The average Bonchev–Trinajstić information content (AvgIpc) is 3.29. The van der Waals surface area contributed by atoms with Crippen LogP contribution >= 0.6 is 0 Å². The number of rotatable bonds is 5. The lowest BCUT2D eigenvalue weighted by Crippen LogP contribution is -2.32. The van der Waals surface area contributed by atoms with Crippen LogP contribution in [-0.4, -0.2) is 41.5 Å². The second-order valence-electron chi connectivity index (χ2n) is 7.16. The van der Waals surface area contributed by atoms with E-state index in [0.29, 0.717) is 29.8 Å². The number of carbonyl (C=O) groups excluding carboxylic acids is 1. The van der Waals surface area contributed by atoms with Gasteiger partial charge >= 0.3 is 0 Å². The zero-order chi connectivity index (χ0) is 18.8. The summed E-state index contributed by atoms with van der Waals surface area (Å²) in [5.74, 6) is 1.22. The summed E-state index contributed by atoms with van der Waals surface area (Å²) in [7, 11) is 0. The molecule has 0 spiro atoms. The van der Waals surface area contributed by atoms with E-state index >= 15 is 0 Å². The monoisotopic (exact) mass is 370 g/mol. The van der Waals surface area contributed by atoms with E-state index in [4.69, 9.17) is 9.47 Å². The summed E-state index contributed by atoms with van der Waals surface area (Å²) in [6, 6.07) is 5.87. The smallest absolute Gasteiger partial charge is 0.276 e. The van der Waals surface area contributed by atoms with Crippen molar-refractivity contribution >= 4 is 11.6 Å². The Morgan fingerprint density at radius 3 is 3.15 bits per heavy atom. The molecule has 0 bridgehead atoms. The fourth-order valence-corrected chi connectivity index (χ4v) is 3.72. The van der Waals surface area contributed by atoms with Crippen LogP contribution in [0.25, 0.3) is 0 Å². The second kappa shape index (κ2) is 7.60. The summed E-state index contributed by atoms with van der Waals surface area (Å²) >= 11 is 0. The van der Waals surface area contributed by atoms with Crippen LogP contribution in [0.4, 0.5) is 5.69 Å². The third-order valence-electron chi connectivity index (χ3n) is 5.03. The van der Waals surface area contributed by atoms with Crippen molar-refractivity contribution < 1.29 is 14.3 Å². The predicted molar refractivity (Wildman–Crippen MR) is 103 cm³/mol. The molecule has 2 aliphatic rings. The van der Waals surface area contributed by atoms with Crippen molar-refractivity contribution in [2.24, 2.45) is 0 Å². The summed E-state index contributed by atoms with van der Waals surface area (Å²) in [5.41, 5.74) is 2.12. The van der Waals surface area contributed by atoms with Crippen molar-refractivity contribution in [3.8, 4) is 11.5 Å². The van der Waals surface area contributed by atoms with Crippen LogP contribution in [0, 0.1) is 0 Å². The number of amides is 1. The SMILES string of the molecule is CCOc1cc2c(cc1NC(=O)c1ccn(C3CCCNC3)n1)OC(C)C2. The van der Waals surface area contributed by atoms with E-state index in [1.54, 1.807) is 6.07 Å². The number of aromatic nitrogens is 2. The summed E-state index contributed by atoms with van der Waals surface area (Å²) < 4.78 is 13.4. The molecule has 2 aromatic rings. The van der Waals surface area contributed by atoms with Gasteiger partial charge in [0.15, 0.2) is 5.69 Å². The number of carbonyl (C=O) groups is 1. The largest absolute Gasteiger partial charge is 0.492 e. The van der Waals surface area contributed by atoms with Gasteiger partial charge < -0.3 is 20.1 Å². The first-order valence-corrected chi connectivity index (χ1v) is 9.67. The Labute approximate surface area is 159 Å². The van der Waals surface area contributed by atoms with E-state index in [1.807, 2.05) is 36.9 Å². The number of nitrogens with zero attached hydrogens (tertiary/aromatic N) is 2. The zero-order valence-electron chi connectivity index (χ0n) is 15.8. The van der Waals surface area contributed by atoms with Crippen molar-refractivity contribution in [2.75, 3.05) is 25.0 Å². The lowest BCUT2D eigenvalue weighted by molar-refractivity contribution is 0.102. The average molecular weight is 370 g/mol. The molecule has 0 saturated carbocycles. The van der Waals surface area contributed by atoms with Gasteiger partial charge in [-0.3, -0.25) is 9.48 Å². The molecule has 1 aromatic carbocycles. The first kappa shape index (κ1) is 17.9. The van der Waals surface area contributed by atoms with E-state index < -0.39 is 0 Å². The van der Waals surface area contributed by atoms with Gasteiger partial charge in [0.1, 0.15) is 17.6 Å². The molecule has 27 heavy (non-hydrogen) atoms.